The second-order valence-electron chi connectivity index (χ2n) is 3.62. The van der Waals surface area contributed by atoms with Crippen LogP contribution in [0, 0.1) is 12.8 Å². The highest BCUT2D eigenvalue weighted by Gasteiger charge is 2.26. The van der Waals surface area contributed by atoms with Gasteiger partial charge in [0.15, 0.2) is 0 Å². The van der Waals surface area contributed by atoms with E-state index in [0.29, 0.717) is 6.54 Å². The fraction of sp³-hybridized carbons (Fsp3) is 0.667. The summed E-state index contributed by atoms with van der Waals surface area (Å²) >= 11 is 0. The molecule has 0 unspecified atom stereocenters. The topological polar surface area (TPSA) is 58.3 Å². The molecule has 0 aliphatic carbocycles. The Kier molecular flexibility index (Phi) is 2.33. The van der Waals surface area contributed by atoms with E-state index in [0.717, 1.165) is 24.4 Å². The summed E-state index contributed by atoms with van der Waals surface area (Å²) in [6, 6.07) is 1.92. The largest absolute Gasteiger partial charge is 0.391 e. The van der Waals surface area contributed by atoms with Gasteiger partial charge >= 0.3 is 0 Å². The molecular weight excluding hydrogens is 168 g/mol. The maximum Gasteiger partial charge on any atom is 0.137 e. The Morgan fingerprint density at radius 2 is 2.54 bits per heavy atom. The number of hydrogen-bond acceptors (Lipinski definition) is 4. The third-order valence-corrected chi connectivity index (χ3v) is 2.44. The fourth-order valence-corrected chi connectivity index (χ4v) is 1.70. The van der Waals surface area contributed by atoms with E-state index in [9.17, 15) is 5.11 Å². The number of aromatic nitrogens is 1. The molecule has 2 atom stereocenters. The average molecular weight is 182 g/mol. The summed E-state index contributed by atoms with van der Waals surface area (Å²) < 4.78 is 5.09. The molecule has 4 nitrogen and oxygen atoms in total. The zero-order valence-electron chi connectivity index (χ0n) is 7.66. The molecule has 0 bridgehead atoms. The Hall–Kier alpha value is -0.870. The van der Waals surface area contributed by atoms with Gasteiger partial charge < -0.3 is 14.9 Å². The van der Waals surface area contributed by atoms with Crippen LogP contribution in [-0.2, 0) is 6.42 Å². The smallest absolute Gasteiger partial charge is 0.137 e. The molecule has 1 fully saturated rings. The van der Waals surface area contributed by atoms with Crippen LogP contribution in [0.15, 0.2) is 10.6 Å². The Morgan fingerprint density at radius 3 is 3.08 bits per heavy atom. The molecule has 0 spiro atoms. The van der Waals surface area contributed by atoms with Crippen molar-refractivity contribution in [3.05, 3.63) is 17.5 Å². The van der Waals surface area contributed by atoms with Crippen LogP contribution in [0.2, 0.25) is 0 Å². The first kappa shape index (κ1) is 8.72. The first-order valence-electron chi connectivity index (χ1n) is 4.56. The molecule has 0 aromatic carbocycles. The lowest BCUT2D eigenvalue weighted by Crippen LogP contribution is -2.19. The fourth-order valence-electron chi connectivity index (χ4n) is 1.70. The van der Waals surface area contributed by atoms with Crippen LogP contribution < -0.4 is 5.32 Å². The number of hydrogen-bond donors (Lipinski definition) is 2. The molecule has 2 N–H and O–H groups in total. The summed E-state index contributed by atoms with van der Waals surface area (Å²) in [5.74, 6) is 1.14. The SMILES string of the molecule is Cc1cc(C[C@@H]2CNC[C@H]2O)on1. The molecule has 1 aromatic heterocycles. The van der Waals surface area contributed by atoms with Crippen molar-refractivity contribution in [1.29, 1.82) is 0 Å². The second-order valence-corrected chi connectivity index (χ2v) is 3.62. The van der Waals surface area contributed by atoms with Crippen molar-refractivity contribution < 1.29 is 9.63 Å². The summed E-state index contributed by atoms with van der Waals surface area (Å²) in [6.45, 7) is 3.45. The van der Waals surface area contributed by atoms with Gasteiger partial charge in [-0.2, -0.15) is 0 Å². The van der Waals surface area contributed by atoms with E-state index in [-0.39, 0.29) is 12.0 Å². The van der Waals surface area contributed by atoms with E-state index >= 15 is 0 Å². The number of aryl methyl sites for hydroxylation is 1. The van der Waals surface area contributed by atoms with Crippen molar-refractivity contribution in [2.75, 3.05) is 13.1 Å². The Morgan fingerprint density at radius 1 is 1.69 bits per heavy atom. The summed E-state index contributed by atoms with van der Waals surface area (Å²) in [5, 5.41) is 16.5. The zero-order chi connectivity index (χ0) is 9.26. The third-order valence-electron chi connectivity index (χ3n) is 2.44. The molecular formula is C9H14N2O2. The summed E-state index contributed by atoms with van der Waals surface area (Å²) in [4.78, 5) is 0. The van der Waals surface area contributed by atoms with Crippen LogP contribution in [-0.4, -0.2) is 29.5 Å². The summed E-state index contributed by atoms with van der Waals surface area (Å²) in [7, 11) is 0. The van der Waals surface area contributed by atoms with Gasteiger partial charge in [0.25, 0.3) is 0 Å². The van der Waals surface area contributed by atoms with Crippen molar-refractivity contribution in [3.8, 4) is 0 Å². The van der Waals surface area contributed by atoms with Gasteiger partial charge in [-0.05, 0) is 6.92 Å². The van der Waals surface area contributed by atoms with Crippen LogP contribution in [0.1, 0.15) is 11.5 Å². The number of aliphatic hydroxyl groups is 1. The van der Waals surface area contributed by atoms with Gasteiger partial charge in [-0.25, -0.2) is 0 Å². The van der Waals surface area contributed by atoms with Crippen molar-refractivity contribution >= 4 is 0 Å². The molecule has 1 aliphatic heterocycles. The van der Waals surface area contributed by atoms with Crippen LogP contribution in [0.5, 0.6) is 0 Å². The maximum atomic E-state index is 9.53. The van der Waals surface area contributed by atoms with Crippen molar-refractivity contribution in [2.24, 2.45) is 5.92 Å². The van der Waals surface area contributed by atoms with E-state index in [1.807, 2.05) is 13.0 Å². The molecule has 2 rings (SSSR count). The van der Waals surface area contributed by atoms with Crippen molar-refractivity contribution in [3.63, 3.8) is 0 Å². The first-order valence-corrected chi connectivity index (χ1v) is 4.56. The molecule has 4 heteroatoms. The Labute approximate surface area is 76.9 Å². The molecule has 1 aliphatic rings. The van der Waals surface area contributed by atoms with Gasteiger partial charge in [-0.3, -0.25) is 0 Å². The highest BCUT2D eigenvalue weighted by Crippen LogP contribution is 2.16. The highest BCUT2D eigenvalue weighted by molar-refractivity contribution is 5.05. The highest BCUT2D eigenvalue weighted by atomic mass is 16.5. The molecule has 0 amide bonds. The minimum atomic E-state index is -0.245. The predicted molar refractivity (Wildman–Crippen MR) is 47.3 cm³/mol. The second kappa shape index (κ2) is 3.47. The van der Waals surface area contributed by atoms with Crippen molar-refractivity contribution in [2.45, 2.75) is 19.4 Å². The van der Waals surface area contributed by atoms with Gasteiger partial charge in [-0.1, -0.05) is 5.16 Å². The summed E-state index contributed by atoms with van der Waals surface area (Å²) in [6.07, 6.45) is 0.528. The van der Waals surface area contributed by atoms with Gasteiger partial charge in [0.05, 0.1) is 11.8 Å². The quantitative estimate of drug-likeness (QED) is 0.681. The molecule has 13 heavy (non-hydrogen) atoms. The normalized spacial score (nSPS) is 28.2. The maximum absolute atomic E-state index is 9.53. The average Bonchev–Trinajstić information content (AvgIpc) is 2.64. The number of aliphatic hydroxyl groups excluding tert-OH is 1. The Bertz CT molecular complexity index is 285. The number of β-amino-alcohol motifs (C(OH)–C–C–N with tert-alkyl or cyclic N) is 1. The lowest BCUT2D eigenvalue weighted by Gasteiger charge is -2.09. The Balaban J connectivity index is 1.97. The van der Waals surface area contributed by atoms with Crippen LogP contribution in [0.3, 0.4) is 0 Å². The van der Waals surface area contributed by atoms with Crippen LogP contribution >= 0.6 is 0 Å². The molecule has 72 valence electrons. The van der Waals surface area contributed by atoms with E-state index in [1.54, 1.807) is 0 Å². The standard InChI is InChI=1S/C9H14N2O2/c1-6-2-8(13-11-6)3-7-4-10-5-9(7)12/h2,7,9-10,12H,3-5H2,1H3/t7-,9-/m1/s1. The van der Waals surface area contributed by atoms with Gasteiger partial charge in [0, 0.05) is 31.5 Å². The molecule has 2 heterocycles. The number of nitrogens with one attached hydrogen (secondary N) is 1. The number of rotatable bonds is 2. The van der Waals surface area contributed by atoms with E-state index in [2.05, 4.69) is 10.5 Å². The monoisotopic (exact) mass is 182 g/mol. The van der Waals surface area contributed by atoms with Crippen molar-refractivity contribution in [1.82, 2.24) is 10.5 Å². The molecule has 1 aromatic rings. The van der Waals surface area contributed by atoms with Gasteiger partial charge in [0.2, 0.25) is 0 Å². The van der Waals surface area contributed by atoms with E-state index in [4.69, 9.17) is 4.52 Å². The zero-order valence-corrected chi connectivity index (χ0v) is 7.66. The van der Waals surface area contributed by atoms with E-state index < -0.39 is 0 Å². The van der Waals surface area contributed by atoms with Crippen LogP contribution in [0.25, 0.3) is 0 Å². The lowest BCUT2D eigenvalue weighted by molar-refractivity contribution is 0.143. The van der Waals surface area contributed by atoms with Crippen LogP contribution in [0.4, 0.5) is 0 Å². The molecule has 0 radical (unpaired) electrons. The van der Waals surface area contributed by atoms with Gasteiger partial charge in [0.1, 0.15) is 5.76 Å². The molecule has 1 saturated heterocycles. The number of nitrogens with zero attached hydrogens (tertiary/aromatic N) is 1. The summed E-state index contributed by atoms with van der Waals surface area (Å²) in [5.41, 5.74) is 0.899. The minimum Gasteiger partial charge on any atom is -0.391 e. The lowest BCUT2D eigenvalue weighted by atomic mass is 10.0. The molecule has 0 saturated carbocycles. The van der Waals surface area contributed by atoms with Gasteiger partial charge in [-0.15, -0.1) is 0 Å². The minimum absolute atomic E-state index is 0.245. The van der Waals surface area contributed by atoms with E-state index in [1.165, 1.54) is 0 Å². The first-order chi connectivity index (χ1) is 6.25. The predicted octanol–water partition coefficient (Wildman–Crippen LogP) is 0.106. The third kappa shape index (κ3) is 1.89.